The number of benzene rings is 1. The first-order chi connectivity index (χ1) is 8.23. The number of rotatable bonds is 1. The average molecular weight is 228 g/mol. The van der Waals surface area contributed by atoms with Crippen LogP contribution < -0.4 is 5.32 Å². The number of hydrogen-bond acceptors (Lipinski definition) is 3. The summed E-state index contributed by atoms with van der Waals surface area (Å²) in [5.41, 5.74) is 2.05. The van der Waals surface area contributed by atoms with Gasteiger partial charge >= 0.3 is 0 Å². The Morgan fingerprint density at radius 2 is 2.18 bits per heavy atom. The van der Waals surface area contributed by atoms with Gasteiger partial charge in [-0.15, -0.1) is 0 Å². The molecule has 17 heavy (non-hydrogen) atoms. The van der Waals surface area contributed by atoms with E-state index in [1.54, 1.807) is 7.05 Å². The number of aliphatic hydroxyl groups is 1. The number of hydrogen-bond donors (Lipinski definition) is 2. The van der Waals surface area contributed by atoms with Crippen molar-refractivity contribution in [1.82, 2.24) is 10.3 Å². The molecule has 1 aromatic carbocycles. The number of nitrogens with one attached hydrogen (secondary N) is 1. The zero-order valence-electron chi connectivity index (χ0n) is 9.90. The normalized spacial score (nSPS) is 23.6. The third-order valence-corrected chi connectivity index (χ3v) is 3.61. The third kappa shape index (κ3) is 1.63. The minimum atomic E-state index is -0.912. The van der Waals surface area contributed by atoms with Crippen LogP contribution in [0.1, 0.15) is 24.1 Å². The molecule has 0 radical (unpaired) electrons. The van der Waals surface area contributed by atoms with Crippen molar-refractivity contribution < 1.29 is 5.11 Å². The van der Waals surface area contributed by atoms with Crippen LogP contribution >= 0.6 is 0 Å². The van der Waals surface area contributed by atoms with Gasteiger partial charge in [-0.05, 0) is 38.4 Å². The van der Waals surface area contributed by atoms with Crippen molar-refractivity contribution >= 4 is 10.9 Å². The minimum Gasteiger partial charge on any atom is -0.372 e. The maximum absolute atomic E-state index is 10.5. The minimum absolute atomic E-state index is 0.747. The average Bonchev–Trinajstić information content (AvgIpc) is 2.37. The van der Waals surface area contributed by atoms with E-state index in [0.717, 1.165) is 41.4 Å². The predicted molar refractivity (Wildman–Crippen MR) is 67.6 cm³/mol. The molecule has 2 aromatic rings. The molecule has 1 unspecified atom stereocenters. The van der Waals surface area contributed by atoms with E-state index in [9.17, 15) is 5.11 Å². The Kier molecular flexibility index (Phi) is 2.38. The highest BCUT2D eigenvalue weighted by atomic mass is 16.3. The van der Waals surface area contributed by atoms with Crippen molar-refractivity contribution in [2.75, 3.05) is 7.05 Å². The summed E-state index contributed by atoms with van der Waals surface area (Å²) >= 11 is 0. The molecule has 88 valence electrons. The quantitative estimate of drug-likeness (QED) is 0.733. The predicted octanol–water partition coefficient (Wildman–Crippen LogP) is 1.94. The van der Waals surface area contributed by atoms with Gasteiger partial charge in [-0.2, -0.15) is 0 Å². The molecule has 1 heterocycles. The molecule has 3 rings (SSSR count). The van der Waals surface area contributed by atoms with Crippen LogP contribution in [0, 0.1) is 0 Å². The summed E-state index contributed by atoms with van der Waals surface area (Å²) in [4.78, 5) is 4.66. The van der Waals surface area contributed by atoms with Crippen molar-refractivity contribution in [2.24, 2.45) is 0 Å². The highest BCUT2D eigenvalue weighted by Gasteiger charge is 2.33. The summed E-state index contributed by atoms with van der Waals surface area (Å²) in [5.74, 6) is 0. The first kappa shape index (κ1) is 10.7. The molecule has 0 spiro atoms. The van der Waals surface area contributed by atoms with E-state index in [-0.39, 0.29) is 0 Å². The van der Waals surface area contributed by atoms with Crippen molar-refractivity contribution in [1.29, 1.82) is 0 Å². The zero-order chi connectivity index (χ0) is 11.9. The summed E-state index contributed by atoms with van der Waals surface area (Å²) in [6.07, 6.45) is 2.66. The maximum Gasteiger partial charge on any atom is 0.143 e. The molecule has 0 amide bonds. The van der Waals surface area contributed by atoms with E-state index < -0.39 is 5.72 Å². The van der Waals surface area contributed by atoms with E-state index in [2.05, 4.69) is 16.4 Å². The number of aryl methyl sites for hydroxylation is 1. The number of pyridine rings is 1. The first-order valence-corrected chi connectivity index (χ1v) is 6.03. The Morgan fingerprint density at radius 3 is 3.00 bits per heavy atom. The molecule has 1 aromatic heterocycles. The van der Waals surface area contributed by atoms with E-state index in [1.165, 1.54) is 0 Å². The molecule has 3 nitrogen and oxygen atoms in total. The van der Waals surface area contributed by atoms with Crippen molar-refractivity contribution in [2.45, 2.75) is 25.0 Å². The molecular formula is C14H16N2O. The smallest absolute Gasteiger partial charge is 0.143 e. The van der Waals surface area contributed by atoms with Gasteiger partial charge in [-0.3, -0.25) is 10.3 Å². The van der Waals surface area contributed by atoms with E-state index in [0.29, 0.717) is 0 Å². The molecule has 1 aliphatic carbocycles. The number of fused-ring (bicyclic) bond motifs is 2. The number of aromatic nitrogens is 1. The van der Waals surface area contributed by atoms with Crippen LogP contribution in [0.5, 0.6) is 0 Å². The monoisotopic (exact) mass is 228 g/mol. The molecule has 0 saturated carbocycles. The fraction of sp³-hybridized carbons (Fsp3) is 0.357. The van der Waals surface area contributed by atoms with Crippen LogP contribution in [0.4, 0.5) is 0 Å². The van der Waals surface area contributed by atoms with E-state index >= 15 is 0 Å². The summed E-state index contributed by atoms with van der Waals surface area (Å²) in [7, 11) is 1.80. The van der Waals surface area contributed by atoms with Gasteiger partial charge < -0.3 is 5.11 Å². The lowest BCUT2D eigenvalue weighted by Gasteiger charge is -2.33. The Balaban J connectivity index is 2.26. The number of nitrogens with zero attached hydrogens (tertiary/aromatic N) is 1. The highest BCUT2D eigenvalue weighted by molar-refractivity contribution is 5.79. The summed E-state index contributed by atoms with van der Waals surface area (Å²) in [6, 6.07) is 10.1. The summed E-state index contributed by atoms with van der Waals surface area (Å²) in [6.45, 7) is 0. The van der Waals surface area contributed by atoms with Crippen LogP contribution in [-0.2, 0) is 12.1 Å². The molecule has 3 heteroatoms. The molecule has 0 aliphatic heterocycles. The second-order valence-corrected chi connectivity index (χ2v) is 4.64. The van der Waals surface area contributed by atoms with Crippen molar-refractivity contribution in [3.63, 3.8) is 0 Å². The lowest BCUT2D eigenvalue weighted by atomic mass is 9.87. The van der Waals surface area contributed by atoms with Crippen LogP contribution in [0.15, 0.2) is 30.3 Å². The van der Waals surface area contributed by atoms with Gasteiger partial charge in [0.25, 0.3) is 0 Å². The fourth-order valence-corrected chi connectivity index (χ4v) is 2.61. The number of para-hydroxylation sites is 1. The van der Waals surface area contributed by atoms with Gasteiger partial charge in [0.2, 0.25) is 0 Å². The molecule has 0 bridgehead atoms. The molecule has 1 aliphatic rings. The Hall–Kier alpha value is -1.45. The topological polar surface area (TPSA) is 45.1 Å². The zero-order valence-corrected chi connectivity index (χ0v) is 9.90. The standard InChI is InChI=1S/C14H16N2O/c1-15-14(17)8-4-7-13-11(14)9-10-5-2-3-6-12(10)16-13/h2-3,5-6,9,15,17H,4,7-8H2,1H3. The molecule has 0 fully saturated rings. The second-order valence-electron chi connectivity index (χ2n) is 4.64. The van der Waals surface area contributed by atoms with Gasteiger partial charge in [0.15, 0.2) is 0 Å². The Bertz CT molecular complexity index is 567. The SMILES string of the molecule is CNC1(O)CCCc2nc3ccccc3cc21. The van der Waals surface area contributed by atoms with Gasteiger partial charge in [0.1, 0.15) is 5.72 Å². The van der Waals surface area contributed by atoms with Gasteiger partial charge in [0, 0.05) is 16.6 Å². The van der Waals surface area contributed by atoms with Crippen LogP contribution in [-0.4, -0.2) is 17.1 Å². The summed E-state index contributed by atoms with van der Waals surface area (Å²) < 4.78 is 0. The largest absolute Gasteiger partial charge is 0.372 e. The third-order valence-electron chi connectivity index (χ3n) is 3.61. The van der Waals surface area contributed by atoms with Crippen LogP contribution in [0.25, 0.3) is 10.9 Å². The van der Waals surface area contributed by atoms with E-state index in [1.807, 2.05) is 24.3 Å². The molecule has 1 atom stereocenters. The molecule has 2 N–H and O–H groups in total. The van der Waals surface area contributed by atoms with Crippen molar-refractivity contribution in [3.05, 3.63) is 41.6 Å². The van der Waals surface area contributed by atoms with Gasteiger partial charge in [0.05, 0.1) is 5.52 Å². The molecule has 0 saturated heterocycles. The van der Waals surface area contributed by atoms with Crippen LogP contribution in [0.3, 0.4) is 0 Å². The van der Waals surface area contributed by atoms with Gasteiger partial charge in [-0.1, -0.05) is 18.2 Å². The maximum atomic E-state index is 10.5. The second kappa shape index (κ2) is 3.79. The van der Waals surface area contributed by atoms with Gasteiger partial charge in [-0.25, -0.2) is 0 Å². The highest BCUT2D eigenvalue weighted by Crippen LogP contribution is 2.33. The summed E-state index contributed by atoms with van der Waals surface area (Å²) in [5, 5.41) is 14.6. The lowest BCUT2D eigenvalue weighted by Crippen LogP contribution is -2.42. The molecular weight excluding hydrogens is 212 g/mol. The van der Waals surface area contributed by atoms with E-state index in [4.69, 9.17) is 0 Å². The van der Waals surface area contributed by atoms with Crippen molar-refractivity contribution in [3.8, 4) is 0 Å². The fourth-order valence-electron chi connectivity index (χ4n) is 2.61. The first-order valence-electron chi connectivity index (χ1n) is 6.03. The lowest BCUT2D eigenvalue weighted by molar-refractivity contribution is -0.00919. The Morgan fingerprint density at radius 1 is 1.35 bits per heavy atom. The Labute approximate surface area is 100 Å². The van der Waals surface area contributed by atoms with Crippen LogP contribution in [0.2, 0.25) is 0 Å².